The van der Waals surface area contributed by atoms with Gasteiger partial charge in [-0.05, 0) is 61.4 Å². The van der Waals surface area contributed by atoms with Crippen LogP contribution >= 0.6 is 0 Å². The van der Waals surface area contributed by atoms with E-state index in [-0.39, 0.29) is 30.9 Å². The summed E-state index contributed by atoms with van der Waals surface area (Å²) in [6.07, 6.45) is 3.98. The summed E-state index contributed by atoms with van der Waals surface area (Å²) in [5.41, 5.74) is -1.55. The van der Waals surface area contributed by atoms with Crippen LogP contribution in [0.4, 0.5) is 5.69 Å². The van der Waals surface area contributed by atoms with Gasteiger partial charge in [0.25, 0.3) is 5.91 Å². The average Bonchev–Trinajstić information content (AvgIpc) is 3.41. The molecule has 1 spiro atoms. The van der Waals surface area contributed by atoms with Gasteiger partial charge in [-0.25, -0.2) is 0 Å². The number of carboxylic acids is 1. The van der Waals surface area contributed by atoms with Crippen molar-refractivity contribution >= 4 is 34.2 Å². The lowest BCUT2D eigenvalue weighted by Crippen LogP contribution is -2.57. The number of fused-ring (bicyclic) bond motifs is 2. The number of carbonyl (C=O) groups is 3. The van der Waals surface area contributed by atoms with Crippen molar-refractivity contribution in [3.05, 3.63) is 55.1 Å². The molecule has 2 aromatic rings. The molecule has 2 N–H and O–H groups in total. The fourth-order valence-corrected chi connectivity index (χ4v) is 7.15. The molecular weight excluding hydrogens is 484 g/mol. The molecule has 8 heteroatoms. The summed E-state index contributed by atoms with van der Waals surface area (Å²) in [6.45, 7) is 8.17. The normalized spacial score (nSPS) is 31.6. The molecule has 5 rings (SSSR count). The third kappa shape index (κ3) is 3.84. The first-order valence-corrected chi connectivity index (χ1v) is 13.4. The van der Waals surface area contributed by atoms with Crippen molar-refractivity contribution in [2.45, 2.75) is 56.8 Å². The molecule has 2 amide bonds. The molecule has 3 aliphatic heterocycles. The number of anilines is 1. The van der Waals surface area contributed by atoms with Crippen LogP contribution in [0.25, 0.3) is 10.8 Å². The quantitative estimate of drug-likeness (QED) is 0.366. The predicted octanol–water partition coefficient (Wildman–Crippen LogP) is 3.62. The SMILES string of the molecule is C=CCN(C(=O)C1N(CCCCCO)C(=O)[C@@H]2[C@@H](C(=O)O)[C@]3(C)OC12CC3C)c1ccc2ccccc2c1. The van der Waals surface area contributed by atoms with Crippen molar-refractivity contribution in [3.63, 3.8) is 0 Å². The van der Waals surface area contributed by atoms with Gasteiger partial charge < -0.3 is 24.7 Å². The van der Waals surface area contributed by atoms with Gasteiger partial charge in [-0.15, -0.1) is 6.58 Å². The van der Waals surface area contributed by atoms with Crippen LogP contribution in [-0.4, -0.2) is 69.8 Å². The number of hydrogen-bond acceptors (Lipinski definition) is 5. The molecule has 0 aliphatic carbocycles. The van der Waals surface area contributed by atoms with Gasteiger partial charge in [0, 0.05) is 25.4 Å². The number of aliphatic carboxylic acids is 1. The van der Waals surface area contributed by atoms with Crippen molar-refractivity contribution in [1.29, 1.82) is 0 Å². The summed E-state index contributed by atoms with van der Waals surface area (Å²) >= 11 is 0. The number of aliphatic hydroxyl groups is 1. The second-order valence-electron chi connectivity index (χ2n) is 11.1. The van der Waals surface area contributed by atoms with E-state index >= 15 is 0 Å². The third-order valence-electron chi connectivity index (χ3n) is 8.99. The number of amides is 2. The van der Waals surface area contributed by atoms with E-state index in [1.807, 2.05) is 49.4 Å². The number of likely N-dealkylation sites (tertiary alicyclic amines) is 1. The standard InChI is InChI=1S/C30H36N2O6/c1-4-14-31(22-13-12-20-10-6-7-11-21(20)17-22)27(35)25-30-18-19(2)29(3,38-30)24(28(36)37)23(30)26(34)32(25)15-8-5-9-16-33/h4,6-7,10-13,17,19,23-25,33H,1,5,8-9,14-16,18H2,2-3H3,(H,36,37)/t19?,23-,24-,25?,29+,30?/m0/s1. The number of carbonyl (C=O) groups excluding carboxylic acids is 2. The number of unbranched alkanes of at least 4 members (excludes halogenated alkanes) is 2. The molecule has 2 bridgehead atoms. The van der Waals surface area contributed by atoms with E-state index in [0.717, 1.165) is 10.8 Å². The van der Waals surface area contributed by atoms with Crippen LogP contribution in [-0.2, 0) is 19.1 Å². The second-order valence-corrected chi connectivity index (χ2v) is 11.1. The zero-order valence-electron chi connectivity index (χ0n) is 22.0. The number of rotatable bonds is 10. The first-order chi connectivity index (χ1) is 18.2. The number of benzene rings is 2. The summed E-state index contributed by atoms with van der Waals surface area (Å²) in [5, 5.41) is 21.5. The Kier molecular flexibility index (Phi) is 6.82. The average molecular weight is 521 g/mol. The smallest absolute Gasteiger partial charge is 0.310 e. The Morgan fingerprint density at radius 3 is 2.61 bits per heavy atom. The Labute approximate surface area is 222 Å². The highest BCUT2D eigenvalue weighted by Gasteiger charge is 2.80. The topological polar surface area (TPSA) is 107 Å². The molecule has 202 valence electrons. The zero-order chi connectivity index (χ0) is 27.2. The number of carboxylic acid groups (broad SMARTS) is 1. The molecule has 2 aromatic carbocycles. The van der Waals surface area contributed by atoms with Gasteiger partial charge in [0.2, 0.25) is 5.91 Å². The van der Waals surface area contributed by atoms with Crippen molar-refractivity contribution < 1.29 is 29.3 Å². The van der Waals surface area contributed by atoms with Crippen molar-refractivity contribution in [2.24, 2.45) is 17.8 Å². The largest absolute Gasteiger partial charge is 0.481 e. The number of aliphatic hydroxyl groups excluding tert-OH is 1. The highest BCUT2D eigenvalue weighted by molar-refractivity contribution is 6.05. The summed E-state index contributed by atoms with van der Waals surface area (Å²) < 4.78 is 6.60. The molecule has 6 atom stereocenters. The van der Waals surface area contributed by atoms with Crippen molar-refractivity contribution in [3.8, 4) is 0 Å². The lowest BCUT2D eigenvalue weighted by Gasteiger charge is -2.37. The molecule has 8 nitrogen and oxygen atoms in total. The maximum absolute atomic E-state index is 14.5. The minimum Gasteiger partial charge on any atom is -0.481 e. The summed E-state index contributed by atoms with van der Waals surface area (Å²) in [4.78, 5) is 44.2. The van der Waals surface area contributed by atoms with Gasteiger partial charge in [0.05, 0.1) is 11.5 Å². The number of hydrogen-bond donors (Lipinski definition) is 2. The molecule has 3 saturated heterocycles. The van der Waals surface area contributed by atoms with Crippen LogP contribution in [0.3, 0.4) is 0 Å². The van der Waals surface area contributed by atoms with Gasteiger partial charge in [-0.1, -0.05) is 43.3 Å². The maximum Gasteiger partial charge on any atom is 0.310 e. The zero-order valence-corrected chi connectivity index (χ0v) is 22.0. The van der Waals surface area contributed by atoms with Crippen LogP contribution < -0.4 is 4.90 Å². The minimum absolute atomic E-state index is 0.0536. The molecule has 3 aliphatic rings. The molecule has 0 saturated carbocycles. The van der Waals surface area contributed by atoms with Crippen LogP contribution in [0.15, 0.2) is 55.1 Å². The van der Waals surface area contributed by atoms with E-state index in [0.29, 0.717) is 37.9 Å². The van der Waals surface area contributed by atoms with Crippen LogP contribution in [0.2, 0.25) is 0 Å². The Bertz CT molecular complexity index is 1280. The Hall–Kier alpha value is -3.23. The summed E-state index contributed by atoms with van der Waals surface area (Å²) in [6, 6.07) is 12.7. The van der Waals surface area contributed by atoms with E-state index in [1.54, 1.807) is 22.8 Å². The lowest BCUT2D eigenvalue weighted by atomic mass is 9.62. The number of nitrogens with zero attached hydrogens (tertiary/aromatic N) is 2. The van der Waals surface area contributed by atoms with Gasteiger partial charge in [0.15, 0.2) is 0 Å². The fraction of sp³-hybridized carbons (Fsp3) is 0.500. The van der Waals surface area contributed by atoms with E-state index in [4.69, 9.17) is 4.74 Å². The summed E-state index contributed by atoms with van der Waals surface area (Å²) in [7, 11) is 0. The molecule has 3 heterocycles. The Balaban J connectivity index is 1.58. The van der Waals surface area contributed by atoms with Crippen molar-refractivity contribution in [1.82, 2.24) is 4.90 Å². The van der Waals surface area contributed by atoms with E-state index in [2.05, 4.69) is 6.58 Å². The molecule has 0 aromatic heterocycles. The highest BCUT2D eigenvalue weighted by atomic mass is 16.5. The van der Waals surface area contributed by atoms with E-state index in [9.17, 15) is 24.6 Å². The summed E-state index contributed by atoms with van der Waals surface area (Å²) in [5.74, 6) is -3.76. The minimum atomic E-state index is -1.21. The van der Waals surface area contributed by atoms with Gasteiger partial charge in [-0.3, -0.25) is 14.4 Å². The van der Waals surface area contributed by atoms with Gasteiger partial charge in [0.1, 0.15) is 17.6 Å². The lowest BCUT2D eigenvalue weighted by molar-refractivity contribution is -0.156. The monoisotopic (exact) mass is 520 g/mol. The Morgan fingerprint density at radius 1 is 1.18 bits per heavy atom. The molecule has 38 heavy (non-hydrogen) atoms. The number of ether oxygens (including phenoxy) is 1. The Morgan fingerprint density at radius 2 is 1.92 bits per heavy atom. The first kappa shape index (κ1) is 26.4. The second kappa shape index (κ2) is 9.82. The third-order valence-corrected chi connectivity index (χ3v) is 8.99. The van der Waals surface area contributed by atoms with E-state index < -0.39 is 35.0 Å². The van der Waals surface area contributed by atoms with Crippen LogP contribution in [0, 0.1) is 17.8 Å². The molecule has 3 fully saturated rings. The predicted molar refractivity (Wildman–Crippen MR) is 144 cm³/mol. The van der Waals surface area contributed by atoms with E-state index in [1.165, 1.54) is 0 Å². The fourth-order valence-electron chi connectivity index (χ4n) is 7.15. The van der Waals surface area contributed by atoms with Crippen LogP contribution in [0.5, 0.6) is 0 Å². The van der Waals surface area contributed by atoms with Crippen LogP contribution in [0.1, 0.15) is 39.5 Å². The maximum atomic E-state index is 14.5. The molecule has 0 radical (unpaired) electrons. The highest BCUT2D eigenvalue weighted by Crippen LogP contribution is 2.65. The molecular formula is C30H36N2O6. The molecule has 3 unspecified atom stereocenters. The van der Waals surface area contributed by atoms with Gasteiger partial charge in [-0.2, -0.15) is 0 Å². The van der Waals surface area contributed by atoms with Crippen molar-refractivity contribution in [2.75, 3.05) is 24.6 Å². The first-order valence-electron chi connectivity index (χ1n) is 13.4. The van der Waals surface area contributed by atoms with Gasteiger partial charge >= 0.3 is 5.97 Å².